The molecular formula is C21H30FN5. The predicted molar refractivity (Wildman–Crippen MR) is 107 cm³/mol. The van der Waals surface area contributed by atoms with Crippen LogP contribution in [0.3, 0.4) is 0 Å². The highest BCUT2D eigenvalue weighted by molar-refractivity contribution is 5.79. The minimum absolute atomic E-state index is 0.184. The Balaban J connectivity index is 1.53. The number of hydrogen-bond acceptors (Lipinski definition) is 2. The predicted octanol–water partition coefficient (Wildman–Crippen LogP) is 3.74. The number of aromatic nitrogens is 2. The Bertz CT molecular complexity index is 762. The van der Waals surface area contributed by atoms with E-state index in [1.807, 2.05) is 13.0 Å². The summed E-state index contributed by atoms with van der Waals surface area (Å²) in [4.78, 5) is 4.65. The van der Waals surface area contributed by atoms with Crippen molar-refractivity contribution in [3.8, 4) is 0 Å². The number of rotatable bonds is 7. The van der Waals surface area contributed by atoms with Crippen LogP contribution in [-0.2, 0) is 13.0 Å². The summed E-state index contributed by atoms with van der Waals surface area (Å²) in [6.07, 6.45) is 7.99. The molecule has 0 radical (unpaired) electrons. The fourth-order valence-corrected chi connectivity index (χ4v) is 3.59. The molecule has 5 nitrogen and oxygen atoms in total. The topological polar surface area (TPSA) is 54.2 Å². The lowest BCUT2D eigenvalue weighted by Gasteiger charge is -2.12. The van der Waals surface area contributed by atoms with Crippen LogP contribution in [0.2, 0.25) is 0 Å². The molecule has 0 saturated heterocycles. The monoisotopic (exact) mass is 371 g/mol. The number of nitrogens with zero attached hydrogens (tertiary/aromatic N) is 3. The molecule has 0 atom stereocenters. The Labute approximate surface area is 161 Å². The van der Waals surface area contributed by atoms with E-state index in [2.05, 4.69) is 39.5 Å². The molecule has 2 aromatic rings. The van der Waals surface area contributed by atoms with Gasteiger partial charge >= 0.3 is 0 Å². The second-order valence-electron chi connectivity index (χ2n) is 7.17. The van der Waals surface area contributed by atoms with E-state index >= 15 is 0 Å². The zero-order valence-corrected chi connectivity index (χ0v) is 16.3. The molecule has 146 valence electrons. The first-order valence-electron chi connectivity index (χ1n) is 9.97. The van der Waals surface area contributed by atoms with Gasteiger partial charge in [0.15, 0.2) is 5.96 Å². The first-order chi connectivity index (χ1) is 13.2. The molecule has 0 amide bonds. The summed E-state index contributed by atoms with van der Waals surface area (Å²) in [5, 5.41) is 11.3. The molecule has 1 aromatic carbocycles. The first kappa shape index (κ1) is 19.4. The van der Waals surface area contributed by atoms with E-state index in [1.54, 1.807) is 6.07 Å². The summed E-state index contributed by atoms with van der Waals surface area (Å²) in [6, 6.07) is 7.57. The lowest BCUT2D eigenvalue weighted by molar-refractivity contribution is 0.463. The summed E-state index contributed by atoms with van der Waals surface area (Å²) in [5.74, 6) is 0.601. The van der Waals surface area contributed by atoms with Gasteiger partial charge in [0.1, 0.15) is 5.82 Å². The van der Waals surface area contributed by atoms with E-state index in [9.17, 15) is 4.39 Å². The van der Waals surface area contributed by atoms with Crippen molar-refractivity contribution in [1.82, 2.24) is 20.4 Å². The van der Waals surface area contributed by atoms with Crippen molar-refractivity contribution < 1.29 is 4.39 Å². The van der Waals surface area contributed by atoms with E-state index < -0.39 is 0 Å². The third-order valence-electron chi connectivity index (χ3n) is 5.10. The standard InChI is InChI=1S/C21H30FN5/c1-3-23-21(24-12-10-17-8-9-18(22)14-16(17)2)25-15-19-11-13-27(26-19)20-6-4-5-7-20/h8-9,11,13-14,20H,3-7,10,12,15H2,1-2H3,(H2,23,24,25). The molecule has 1 aromatic heterocycles. The zero-order chi connectivity index (χ0) is 19.1. The number of benzene rings is 1. The number of nitrogens with one attached hydrogen (secondary N) is 2. The Morgan fingerprint density at radius 2 is 2.07 bits per heavy atom. The van der Waals surface area contributed by atoms with Gasteiger partial charge in [0, 0.05) is 19.3 Å². The lowest BCUT2D eigenvalue weighted by Crippen LogP contribution is -2.38. The fraction of sp³-hybridized carbons (Fsp3) is 0.524. The molecule has 1 fully saturated rings. The lowest BCUT2D eigenvalue weighted by atomic mass is 10.1. The molecule has 1 aliphatic carbocycles. The second kappa shape index (κ2) is 9.53. The van der Waals surface area contributed by atoms with Gasteiger partial charge in [0.05, 0.1) is 18.3 Å². The van der Waals surface area contributed by atoms with E-state index in [4.69, 9.17) is 5.10 Å². The SMILES string of the molecule is CCNC(=NCc1ccn(C2CCCC2)n1)NCCc1ccc(F)cc1C. The van der Waals surface area contributed by atoms with Crippen LogP contribution in [0.25, 0.3) is 0 Å². The third-order valence-corrected chi connectivity index (χ3v) is 5.10. The fourth-order valence-electron chi connectivity index (χ4n) is 3.59. The van der Waals surface area contributed by atoms with Gasteiger partial charge in [0.2, 0.25) is 0 Å². The van der Waals surface area contributed by atoms with Gasteiger partial charge in [-0.05, 0) is 62.4 Å². The maximum Gasteiger partial charge on any atom is 0.191 e. The van der Waals surface area contributed by atoms with E-state index in [-0.39, 0.29) is 5.82 Å². The van der Waals surface area contributed by atoms with Crippen molar-refractivity contribution in [2.24, 2.45) is 4.99 Å². The van der Waals surface area contributed by atoms with E-state index in [1.165, 1.54) is 31.7 Å². The van der Waals surface area contributed by atoms with Crippen LogP contribution in [0, 0.1) is 12.7 Å². The molecule has 3 rings (SSSR count). The highest BCUT2D eigenvalue weighted by Crippen LogP contribution is 2.28. The molecule has 1 saturated carbocycles. The van der Waals surface area contributed by atoms with Crippen molar-refractivity contribution in [3.05, 3.63) is 53.1 Å². The van der Waals surface area contributed by atoms with Crippen molar-refractivity contribution in [1.29, 1.82) is 0 Å². The van der Waals surface area contributed by atoms with Crippen LogP contribution in [-0.4, -0.2) is 28.8 Å². The van der Waals surface area contributed by atoms with Crippen LogP contribution < -0.4 is 10.6 Å². The maximum absolute atomic E-state index is 13.2. The number of halogens is 1. The van der Waals surface area contributed by atoms with Crippen molar-refractivity contribution in [2.75, 3.05) is 13.1 Å². The summed E-state index contributed by atoms with van der Waals surface area (Å²) < 4.78 is 15.3. The van der Waals surface area contributed by atoms with Crippen LogP contribution in [0.4, 0.5) is 4.39 Å². The molecular weight excluding hydrogens is 341 g/mol. The molecule has 1 heterocycles. The number of aryl methyl sites for hydroxylation is 1. The highest BCUT2D eigenvalue weighted by Gasteiger charge is 2.17. The summed E-state index contributed by atoms with van der Waals surface area (Å²) in [5.41, 5.74) is 3.12. The molecule has 0 aliphatic heterocycles. The van der Waals surface area contributed by atoms with Crippen LogP contribution in [0.5, 0.6) is 0 Å². The minimum Gasteiger partial charge on any atom is -0.357 e. The number of aliphatic imine (C=N–C) groups is 1. The van der Waals surface area contributed by atoms with E-state index in [0.717, 1.165) is 42.3 Å². The highest BCUT2D eigenvalue weighted by atomic mass is 19.1. The second-order valence-corrected chi connectivity index (χ2v) is 7.17. The van der Waals surface area contributed by atoms with Gasteiger partial charge in [0.25, 0.3) is 0 Å². The molecule has 0 unspecified atom stereocenters. The van der Waals surface area contributed by atoms with Crippen molar-refractivity contribution in [3.63, 3.8) is 0 Å². The van der Waals surface area contributed by atoms with Crippen molar-refractivity contribution in [2.45, 2.75) is 58.5 Å². The smallest absolute Gasteiger partial charge is 0.191 e. The van der Waals surface area contributed by atoms with Crippen LogP contribution in [0.1, 0.15) is 55.5 Å². The number of hydrogen-bond donors (Lipinski definition) is 2. The van der Waals surface area contributed by atoms with Gasteiger partial charge in [-0.2, -0.15) is 5.10 Å². The number of guanidine groups is 1. The molecule has 2 N–H and O–H groups in total. The average Bonchev–Trinajstić information content (AvgIpc) is 3.33. The van der Waals surface area contributed by atoms with Gasteiger partial charge in [-0.25, -0.2) is 9.38 Å². The molecule has 1 aliphatic rings. The van der Waals surface area contributed by atoms with Gasteiger partial charge in [-0.1, -0.05) is 18.9 Å². The van der Waals surface area contributed by atoms with Gasteiger partial charge in [-0.3, -0.25) is 4.68 Å². The molecule has 0 bridgehead atoms. The third kappa shape index (κ3) is 5.55. The normalized spacial score (nSPS) is 15.3. The van der Waals surface area contributed by atoms with Crippen LogP contribution >= 0.6 is 0 Å². The minimum atomic E-state index is -0.184. The first-order valence-corrected chi connectivity index (χ1v) is 9.97. The Kier molecular flexibility index (Phi) is 6.85. The van der Waals surface area contributed by atoms with Gasteiger partial charge in [-0.15, -0.1) is 0 Å². The summed E-state index contributed by atoms with van der Waals surface area (Å²) in [6.45, 7) is 6.10. The Hall–Kier alpha value is -2.37. The molecule has 0 spiro atoms. The van der Waals surface area contributed by atoms with E-state index in [0.29, 0.717) is 12.6 Å². The zero-order valence-electron chi connectivity index (χ0n) is 16.3. The maximum atomic E-state index is 13.2. The quantitative estimate of drug-likeness (QED) is 0.576. The summed E-state index contributed by atoms with van der Waals surface area (Å²) >= 11 is 0. The Morgan fingerprint density at radius 1 is 1.26 bits per heavy atom. The summed E-state index contributed by atoms with van der Waals surface area (Å²) in [7, 11) is 0. The Morgan fingerprint density at radius 3 is 2.81 bits per heavy atom. The van der Waals surface area contributed by atoms with Crippen molar-refractivity contribution >= 4 is 5.96 Å². The van der Waals surface area contributed by atoms with Gasteiger partial charge < -0.3 is 10.6 Å². The average molecular weight is 372 g/mol. The molecule has 27 heavy (non-hydrogen) atoms. The van der Waals surface area contributed by atoms with Crippen LogP contribution in [0.15, 0.2) is 35.5 Å². The largest absolute Gasteiger partial charge is 0.357 e. The molecule has 6 heteroatoms.